The molecular formula is C25H33N5O2. The Morgan fingerprint density at radius 2 is 1.78 bits per heavy atom. The zero-order valence-electron chi connectivity index (χ0n) is 18.9. The van der Waals surface area contributed by atoms with Crippen LogP contribution in [0.25, 0.3) is 0 Å². The van der Waals surface area contributed by atoms with Crippen molar-refractivity contribution >= 4 is 23.3 Å². The number of carbonyl (C=O) groups excluding carboxylic acids is 2. The number of rotatable bonds is 4. The number of hydrogen-bond donors (Lipinski definition) is 1. The number of anilines is 2. The molecule has 1 N–H and O–H groups in total. The Kier molecular flexibility index (Phi) is 5.89. The Bertz CT molecular complexity index is 986. The Hall–Kier alpha value is -2.83. The number of amides is 2. The summed E-state index contributed by atoms with van der Waals surface area (Å²) >= 11 is 0. The minimum absolute atomic E-state index is 0.120. The van der Waals surface area contributed by atoms with Crippen molar-refractivity contribution in [2.75, 3.05) is 36.9 Å². The maximum Gasteiger partial charge on any atom is 0.253 e. The third kappa shape index (κ3) is 4.12. The van der Waals surface area contributed by atoms with Gasteiger partial charge in [0.15, 0.2) is 0 Å². The molecule has 1 aromatic heterocycles. The van der Waals surface area contributed by atoms with Crippen molar-refractivity contribution in [1.82, 2.24) is 14.7 Å². The van der Waals surface area contributed by atoms with Crippen LogP contribution < -0.4 is 10.2 Å². The second kappa shape index (κ2) is 8.96. The van der Waals surface area contributed by atoms with Gasteiger partial charge in [0.2, 0.25) is 5.91 Å². The second-order valence-electron chi connectivity index (χ2n) is 9.52. The number of fused-ring (bicyclic) bond motifs is 1. The predicted octanol–water partition coefficient (Wildman–Crippen LogP) is 3.87. The van der Waals surface area contributed by atoms with E-state index in [9.17, 15) is 9.59 Å². The first-order valence-corrected chi connectivity index (χ1v) is 12.1. The summed E-state index contributed by atoms with van der Waals surface area (Å²) in [6.07, 6.45) is 9.87. The highest BCUT2D eigenvalue weighted by Crippen LogP contribution is 2.30. The zero-order valence-corrected chi connectivity index (χ0v) is 18.9. The van der Waals surface area contributed by atoms with Crippen LogP contribution >= 0.6 is 0 Å². The molecule has 7 nitrogen and oxygen atoms in total. The summed E-state index contributed by atoms with van der Waals surface area (Å²) in [7, 11) is 2.12. The molecule has 1 aliphatic carbocycles. The number of aromatic nitrogens is 2. The van der Waals surface area contributed by atoms with Crippen LogP contribution in [0.4, 0.5) is 11.5 Å². The summed E-state index contributed by atoms with van der Waals surface area (Å²) in [5, 5.41) is 7.60. The quantitative estimate of drug-likeness (QED) is 0.791. The third-order valence-electron chi connectivity index (χ3n) is 7.42. The van der Waals surface area contributed by atoms with E-state index in [1.165, 1.54) is 11.3 Å². The summed E-state index contributed by atoms with van der Waals surface area (Å²) in [5.41, 5.74) is 3.32. The smallest absolute Gasteiger partial charge is 0.253 e. The van der Waals surface area contributed by atoms with E-state index < -0.39 is 0 Å². The standard InChI is InChI=1S/C25H33N5O2/c1-28-14-4-7-19-17-20(8-9-22(19)28)25(32)29-15-11-21(12-16-29)30-23(10-13-26-30)27-24(31)18-5-2-3-6-18/h8-10,13,17-18,21H,2-7,11-12,14-16H2,1H3,(H,27,31). The largest absolute Gasteiger partial charge is 0.374 e. The number of hydrogen-bond acceptors (Lipinski definition) is 4. The average molecular weight is 436 g/mol. The van der Waals surface area contributed by atoms with E-state index in [0.717, 1.165) is 69.3 Å². The summed E-state index contributed by atoms with van der Waals surface area (Å²) in [4.78, 5) is 29.9. The zero-order chi connectivity index (χ0) is 22.1. The molecule has 5 rings (SSSR count). The van der Waals surface area contributed by atoms with Crippen LogP contribution in [0.2, 0.25) is 0 Å². The van der Waals surface area contributed by atoms with E-state index in [1.807, 2.05) is 21.7 Å². The molecule has 7 heteroatoms. The van der Waals surface area contributed by atoms with Gasteiger partial charge in [0, 0.05) is 49.9 Å². The lowest BCUT2D eigenvalue weighted by atomic mass is 9.98. The first-order valence-electron chi connectivity index (χ1n) is 12.1. The van der Waals surface area contributed by atoms with Gasteiger partial charge in [-0.3, -0.25) is 9.59 Å². The van der Waals surface area contributed by atoms with Gasteiger partial charge in [0.1, 0.15) is 5.82 Å². The topological polar surface area (TPSA) is 70.5 Å². The molecule has 32 heavy (non-hydrogen) atoms. The van der Waals surface area contributed by atoms with Gasteiger partial charge in [-0.2, -0.15) is 5.10 Å². The Morgan fingerprint density at radius 1 is 1.00 bits per heavy atom. The number of carbonyl (C=O) groups is 2. The van der Waals surface area contributed by atoms with Crippen molar-refractivity contribution in [3.63, 3.8) is 0 Å². The van der Waals surface area contributed by atoms with Gasteiger partial charge in [0.25, 0.3) is 5.91 Å². The molecule has 3 aliphatic rings. The van der Waals surface area contributed by atoms with Gasteiger partial charge in [-0.05, 0) is 62.3 Å². The van der Waals surface area contributed by atoms with E-state index in [0.29, 0.717) is 13.1 Å². The highest BCUT2D eigenvalue weighted by Gasteiger charge is 2.28. The summed E-state index contributed by atoms with van der Waals surface area (Å²) in [6.45, 7) is 2.48. The van der Waals surface area contributed by atoms with Crippen LogP contribution in [-0.4, -0.2) is 53.2 Å². The number of nitrogens with zero attached hydrogens (tertiary/aromatic N) is 4. The molecule has 2 aliphatic heterocycles. The number of benzene rings is 1. The highest BCUT2D eigenvalue weighted by molar-refractivity contribution is 5.95. The SMILES string of the molecule is CN1CCCc2cc(C(=O)N3CCC(n4nccc4NC(=O)C4CCCC4)CC3)ccc21. The molecule has 3 heterocycles. The van der Waals surface area contributed by atoms with Crippen molar-refractivity contribution in [2.45, 2.75) is 57.4 Å². The lowest BCUT2D eigenvalue weighted by molar-refractivity contribution is -0.119. The Morgan fingerprint density at radius 3 is 2.56 bits per heavy atom. The summed E-state index contributed by atoms with van der Waals surface area (Å²) in [6, 6.07) is 8.24. The molecule has 2 aromatic rings. The Balaban J connectivity index is 1.21. The summed E-state index contributed by atoms with van der Waals surface area (Å²) < 4.78 is 1.95. The van der Waals surface area contributed by atoms with E-state index >= 15 is 0 Å². The second-order valence-corrected chi connectivity index (χ2v) is 9.52. The molecule has 1 saturated heterocycles. The molecule has 170 valence electrons. The minimum Gasteiger partial charge on any atom is -0.374 e. The van der Waals surface area contributed by atoms with Crippen LogP contribution in [-0.2, 0) is 11.2 Å². The average Bonchev–Trinajstić information content (AvgIpc) is 3.51. The van der Waals surface area contributed by atoms with Gasteiger partial charge >= 0.3 is 0 Å². The number of likely N-dealkylation sites (tertiary alicyclic amines) is 1. The highest BCUT2D eigenvalue weighted by atomic mass is 16.2. The van der Waals surface area contributed by atoms with E-state index in [4.69, 9.17) is 0 Å². The molecule has 0 unspecified atom stereocenters. The maximum atomic E-state index is 13.2. The van der Waals surface area contributed by atoms with Crippen molar-refractivity contribution in [3.8, 4) is 0 Å². The van der Waals surface area contributed by atoms with Crippen molar-refractivity contribution in [2.24, 2.45) is 5.92 Å². The number of nitrogens with one attached hydrogen (secondary N) is 1. The fourth-order valence-electron chi connectivity index (χ4n) is 5.53. The maximum absolute atomic E-state index is 13.2. The molecule has 1 aromatic carbocycles. The Labute approximate surface area is 189 Å². The van der Waals surface area contributed by atoms with Gasteiger partial charge < -0.3 is 15.1 Å². The van der Waals surface area contributed by atoms with E-state index in [1.54, 1.807) is 6.20 Å². The number of piperidine rings is 1. The van der Waals surface area contributed by atoms with Crippen LogP contribution in [0.1, 0.15) is 66.9 Å². The van der Waals surface area contributed by atoms with Gasteiger partial charge in [-0.15, -0.1) is 0 Å². The first-order chi connectivity index (χ1) is 15.6. The predicted molar refractivity (Wildman–Crippen MR) is 125 cm³/mol. The molecular weight excluding hydrogens is 402 g/mol. The van der Waals surface area contributed by atoms with Crippen molar-refractivity contribution in [1.29, 1.82) is 0 Å². The fraction of sp³-hybridized carbons (Fsp3) is 0.560. The van der Waals surface area contributed by atoms with Crippen LogP contribution in [0, 0.1) is 5.92 Å². The monoisotopic (exact) mass is 435 g/mol. The lowest BCUT2D eigenvalue weighted by Crippen LogP contribution is -2.39. The van der Waals surface area contributed by atoms with Crippen LogP contribution in [0.5, 0.6) is 0 Å². The van der Waals surface area contributed by atoms with Gasteiger partial charge in [0.05, 0.1) is 12.2 Å². The van der Waals surface area contributed by atoms with Crippen molar-refractivity contribution < 1.29 is 9.59 Å². The molecule has 0 radical (unpaired) electrons. The van der Waals surface area contributed by atoms with E-state index in [2.05, 4.69) is 34.5 Å². The van der Waals surface area contributed by atoms with Crippen molar-refractivity contribution in [3.05, 3.63) is 41.6 Å². The van der Waals surface area contributed by atoms with Gasteiger partial charge in [-0.25, -0.2) is 4.68 Å². The lowest BCUT2D eigenvalue weighted by Gasteiger charge is -2.33. The molecule has 2 fully saturated rings. The van der Waals surface area contributed by atoms with Gasteiger partial charge in [-0.1, -0.05) is 12.8 Å². The molecule has 2 amide bonds. The first kappa shape index (κ1) is 21.0. The summed E-state index contributed by atoms with van der Waals surface area (Å²) in [5.74, 6) is 1.16. The molecule has 0 spiro atoms. The number of aryl methyl sites for hydroxylation is 1. The minimum atomic E-state index is 0.120. The van der Waals surface area contributed by atoms with E-state index in [-0.39, 0.29) is 23.8 Å². The third-order valence-corrected chi connectivity index (χ3v) is 7.42. The molecule has 0 bridgehead atoms. The fourth-order valence-corrected chi connectivity index (χ4v) is 5.53. The molecule has 1 saturated carbocycles. The van der Waals surface area contributed by atoms with Crippen LogP contribution in [0.3, 0.4) is 0 Å². The normalized spacial score (nSPS) is 19.8. The molecule has 0 atom stereocenters. The van der Waals surface area contributed by atoms with Crippen LogP contribution in [0.15, 0.2) is 30.5 Å².